The molecule has 0 aliphatic rings. The van der Waals surface area contributed by atoms with Gasteiger partial charge in [-0.1, -0.05) is 0 Å². The predicted octanol–water partition coefficient (Wildman–Crippen LogP) is 1.64. The van der Waals surface area contributed by atoms with Crippen molar-refractivity contribution in [3.63, 3.8) is 0 Å². The van der Waals surface area contributed by atoms with Crippen molar-refractivity contribution in [1.82, 2.24) is 4.31 Å². The number of nitrogens with two attached hydrogens (primary N) is 1. The third kappa shape index (κ3) is 4.19. The van der Waals surface area contributed by atoms with Crippen LogP contribution in [-0.2, 0) is 16.6 Å². The van der Waals surface area contributed by atoms with Crippen molar-refractivity contribution in [2.75, 3.05) is 26.0 Å². The Morgan fingerprint density at radius 3 is 2.60 bits per heavy atom. The van der Waals surface area contributed by atoms with Gasteiger partial charge in [-0.15, -0.1) is 0 Å². The predicted molar refractivity (Wildman–Crippen MR) is 93.0 cm³/mol. The Hall–Kier alpha value is -2.36. The third-order valence-electron chi connectivity index (χ3n) is 3.39. The molecule has 0 bridgehead atoms. The Bertz CT molecular complexity index is 858. The molecule has 0 atom stereocenters. The van der Waals surface area contributed by atoms with Crippen LogP contribution in [0.15, 0.2) is 39.8 Å². The lowest BCUT2D eigenvalue weighted by molar-refractivity contribution is 0.102. The second-order valence-electron chi connectivity index (χ2n) is 5.34. The molecule has 0 aliphatic heterocycles. The quantitative estimate of drug-likeness (QED) is 0.769. The zero-order valence-electron chi connectivity index (χ0n) is 14.3. The molecule has 25 heavy (non-hydrogen) atoms. The Labute approximate surface area is 146 Å². The van der Waals surface area contributed by atoms with Gasteiger partial charge in [0.15, 0.2) is 0 Å². The molecular formula is C16H21N3O5S. The first-order chi connectivity index (χ1) is 11.8. The maximum Gasteiger partial charge on any atom is 0.259 e. The zero-order chi connectivity index (χ0) is 18.6. The van der Waals surface area contributed by atoms with Crippen molar-refractivity contribution in [3.05, 3.63) is 41.9 Å². The highest BCUT2D eigenvalue weighted by Gasteiger charge is 2.20. The van der Waals surface area contributed by atoms with Gasteiger partial charge in [-0.3, -0.25) is 4.79 Å². The van der Waals surface area contributed by atoms with Gasteiger partial charge in [-0.25, -0.2) is 12.7 Å². The number of hydrogen-bond acceptors (Lipinski definition) is 6. The Morgan fingerprint density at radius 2 is 2.04 bits per heavy atom. The molecule has 0 aliphatic carbocycles. The lowest BCUT2D eigenvalue weighted by atomic mass is 10.2. The van der Waals surface area contributed by atoms with Crippen molar-refractivity contribution in [1.29, 1.82) is 0 Å². The topological polar surface area (TPSA) is 115 Å². The molecule has 1 aromatic carbocycles. The Kier molecular flexibility index (Phi) is 5.83. The van der Waals surface area contributed by atoms with E-state index < -0.39 is 15.9 Å². The van der Waals surface area contributed by atoms with Gasteiger partial charge in [0.25, 0.3) is 5.91 Å². The second kappa shape index (κ2) is 7.68. The summed E-state index contributed by atoms with van der Waals surface area (Å²) in [4.78, 5) is 12.4. The van der Waals surface area contributed by atoms with E-state index >= 15 is 0 Å². The summed E-state index contributed by atoms with van der Waals surface area (Å²) in [5.74, 6) is 0.388. The molecule has 3 N–H and O–H groups in total. The number of amides is 1. The van der Waals surface area contributed by atoms with Gasteiger partial charge < -0.3 is 20.2 Å². The molecule has 136 valence electrons. The number of hydrogen-bond donors (Lipinski definition) is 2. The van der Waals surface area contributed by atoms with E-state index in [1.165, 1.54) is 44.6 Å². The molecule has 1 aromatic heterocycles. The molecule has 0 fully saturated rings. The van der Waals surface area contributed by atoms with Crippen LogP contribution in [0, 0.1) is 0 Å². The lowest BCUT2D eigenvalue weighted by Gasteiger charge is -2.15. The van der Waals surface area contributed by atoms with E-state index in [1.807, 2.05) is 0 Å². The van der Waals surface area contributed by atoms with Crippen LogP contribution in [0.1, 0.15) is 23.0 Å². The number of benzene rings is 1. The summed E-state index contributed by atoms with van der Waals surface area (Å²) in [6.45, 7) is 2.33. The van der Waals surface area contributed by atoms with Crippen molar-refractivity contribution in [2.45, 2.75) is 18.4 Å². The molecule has 1 amide bonds. The first kappa shape index (κ1) is 19.0. The molecule has 0 radical (unpaired) electrons. The highest BCUT2D eigenvalue weighted by atomic mass is 32.2. The Balaban J connectivity index is 2.38. The molecule has 0 saturated carbocycles. The normalized spacial score (nSPS) is 11.6. The summed E-state index contributed by atoms with van der Waals surface area (Å²) in [6, 6.07) is 5.83. The highest BCUT2D eigenvalue weighted by Crippen LogP contribution is 2.29. The maximum atomic E-state index is 12.4. The first-order valence-electron chi connectivity index (χ1n) is 7.57. The Morgan fingerprint density at radius 1 is 1.32 bits per heavy atom. The molecule has 0 unspecified atom stereocenters. The van der Waals surface area contributed by atoms with Crippen LogP contribution in [0.3, 0.4) is 0 Å². The molecule has 0 saturated heterocycles. The fourth-order valence-corrected chi connectivity index (χ4v) is 2.99. The number of rotatable bonds is 7. The molecule has 1 heterocycles. The van der Waals surface area contributed by atoms with Crippen LogP contribution in [0.4, 0.5) is 5.69 Å². The number of carbonyl (C=O) groups is 1. The molecule has 0 spiro atoms. The van der Waals surface area contributed by atoms with Gasteiger partial charge in [-0.2, -0.15) is 0 Å². The summed E-state index contributed by atoms with van der Waals surface area (Å²) in [6.07, 6.45) is 1.29. The molecule has 2 rings (SSSR count). The van der Waals surface area contributed by atoms with Gasteiger partial charge >= 0.3 is 0 Å². The van der Waals surface area contributed by atoms with Crippen molar-refractivity contribution >= 4 is 21.6 Å². The fourth-order valence-electron chi connectivity index (χ4n) is 2.06. The minimum Gasteiger partial charge on any atom is -0.492 e. The number of furan rings is 1. The second-order valence-corrected chi connectivity index (χ2v) is 7.49. The average Bonchev–Trinajstić information content (AvgIpc) is 3.05. The summed E-state index contributed by atoms with van der Waals surface area (Å²) in [7, 11) is -0.771. The number of nitrogens with one attached hydrogen (secondary N) is 1. The van der Waals surface area contributed by atoms with Gasteiger partial charge in [0.2, 0.25) is 10.0 Å². The zero-order valence-corrected chi connectivity index (χ0v) is 15.1. The fraction of sp³-hybridized carbons (Fsp3) is 0.312. The van der Waals surface area contributed by atoms with E-state index in [-0.39, 0.29) is 22.7 Å². The van der Waals surface area contributed by atoms with Crippen molar-refractivity contribution in [3.8, 4) is 5.75 Å². The summed E-state index contributed by atoms with van der Waals surface area (Å²) < 4.78 is 36.3. The molecular weight excluding hydrogens is 346 g/mol. The maximum absolute atomic E-state index is 12.4. The summed E-state index contributed by atoms with van der Waals surface area (Å²) in [5.41, 5.74) is 5.99. The number of ether oxygens (including phenoxy) is 1. The highest BCUT2D eigenvalue weighted by molar-refractivity contribution is 7.89. The smallest absolute Gasteiger partial charge is 0.259 e. The van der Waals surface area contributed by atoms with Crippen LogP contribution in [0.25, 0.3) is 0 Å². The minimum absolute atomic E-state index is 0.0473. The lowest BCUT2D eigenvalue weighted by Crippen LogP contribution is -2.22. The van der Waals surface area contributed by atoms with Crippen LogP contribution in [0.2, 0.25) is 0 Å². The van der Waals surface area contributed by atoms with E-state index in [9.17, 15) is 13.2 Å². The van der Waals surface area contributed by atoms with Crippen LogP contribution < -0.4 is 15.8 Å². The van der Waals surface area contributed by atoms with Crippen molar-refractivity contribution in [2.24, 2.45) is 5.73 Å². The van der Waals surface area contributed by atoms with Crippen LogP contribution >= 0.6 is 0 Å². The standard InChI is InChI=1S/C16H21N3O5S/c1-4-23-15-6-5-13(25(21,22)19(2)3)8-14(15)18-16(20)11-7-12(9-17)24-10-11/h5-8,10H,4,9,17H2,1-3H3,(H,18,20). The third-order valence-corrected chi connectivity index (χ3v) is 5.21. The summed E-state index contributed by atoms with van der Waals surface area (Å²) >= 11 is 0. The van der Waals surface area contributed by atoms with E-state index in [4.69, 9.17) is 14.9 Å². The SMILES string of the molecule is CCOc1ccc(S(=O)(=O)N(C)C)cc1NC(=O)c1coc(CN)c1. The average molecular weight is 367 g/mol. The van der Waals surface area contributed by atoms with E-state index in [0.717, 1.165) is 4.31 Å². The molecule has 2 aromatic rings. The number of nitrogens with zero attached hydrogens (tertiary/aromatic N) is 1. The molecule has 8 nitrogen and oxygen atoms in total. The number of carbonyl (C=O) groups excluding carboxylic acids is 1. The van der Waals surface area contributed by atoms with Gasteiger partial charge in [0, 0.05) is 14.1 Å². The summed E-state index contributed by atoms with van der Waals surface area (Å²) in [5, 5.41) is 2.65. The first-order valence-corrected chi connectivity index (χ1v) is 9.01. The number of sulfonamides is 1. The van der Waals surface area contributed by atoms with Gasteiger partial charge in [-0.05, 0) is 31.2 Å². The minimum atomic E-state index is -3.64. The van der Waals surface area contributed by atoms with Crippen molar-refractivity contribution < 1.29 is 22.4 Å². The largest absolute Gasteiger partial charge is 0.492 e. The van der Waals surface area contributed by atoms with Crippen LogP contribution in [-0.4, -0.2) is 39.3 Å². The monoisotopic (exact) mass is 367 g/mol. The van der Waals surface area contributed by atoms with Gasteiger partial charge in [0.1, 0.15) is 17.8 Å². The van der Waals surface area contributed by atoms with Gasteiger partial charge in [0.05, 0.1) is 29.3 Å². The van der Waals surface area contributed by atoms with E-state index in [2.05, 4.69) is 5.32 Å². The van der Waals surface area contributed by atoms with E-state index in [1.54, 1.807) is 6.92 Å². The van der Waals surface area contributed by atoms with E-state index in [0.29, 0.717) is 18.1 Å². The molecule has 9 heteroatoms. The number of anilines is 1. The van der Waals surface area contributed by atoms with Crippen LogP contribution in [0.5, 0.6) is 5.75 Å².